The van der Waals surface area contributed by atoms with E-state index in [2.05, 4.69) is 21.3 Å². The van der Waals surface area contributed by atoms with Crippen LogP contribution in [-0.4, -0.2) is 34.2 Å². The fourth-order valence-corrected chi connectivity index (χ4v) is 5.37. The van der Waals surface area contributed by atoms with Gasteiger partial charge in [-0.2, -0.15) is 10.4 Å². The lowest BCUT2D eigenvalue weighted by Crippen LogP contribution is -2.48. The number of halogens is 3. The van der Waals surface area contributed by atoms with Crippen LogP contribution in [0, 0.1) is 11.3 Å². The van der Waals surface area contributed by atoms with Gasteiger partial charge < -0.3 is 4.74 Å². The Bertz CT molecular complexity index is 1340. The van der Waals surface area contributed by atoms with Gasteiger partial charge in [-0.15, -0.1) is 12.4 Å². The second-order valence-electron chi connectivity index (χ2n) is 9.34. The van der Waals surface area contributed by atoms with E-state index < -0.39 is 5.60 Å². The van der Waals surface area contributed by atoms with Gasteiger partial charge in [-0.3, -0.25) is 9.89 Å². The van der Waals surface area contributed by atoms with Crippen molar-refractivity contribution in [2.45, 2.75) is 45.1 Å². The summed E-state index contributed by atoms with van der Waals surface area (Å²) in [6.45, 7) is 5.26. The zero-order valence-electron chi connectivity index (χ0n) is 20.0. The van der Waals surface area contributed by atoms with Gasteiger partial charge in [-0.1, -0.05) is 36.0 Å². The summed E-state index contributed by atoms with van der Waals surface area (Å²) in [5, 5.41) is 21.4. The van der Waals surface area contributed by atoms with Gasteiger partial charge >= 0.3 is 0 Å². The first-order valence-electron chi connectivity index (χ1n) is 11.7. The van der Waals surface area contributed by atoms with Crippen molar-refractivity contribution in [1.82, 2.24) is 15.2 Å². The maximum Gasteiger partial charge on any atom is 0.293 e. The second kappa shape index (κ2) is 10.3. The molecule has 1 saturated heterocycles. The van der Waals surface area contributed by atoms with E-state index in [-0.39, 0.29) is 24.0 Å². The predicted octanol–water partition coefficient (Wildman–Crippen LogP) is 6.74. The molecule has 0 saturated carbocycles. The van der Waals surface area contributed by atoms with Gasteiger partial charge in [-0.05, 0) is 63.1 Å². The maximum atomic E-state index is 14.2. The van der Waals surface area contributed by atoms with Gasteiger partial charge in [0.05, 0.1) is 33.6 Å². The molecule has 0 radical (unpaired) electrons. The van der Waals surface area contributed by atoms with Crippen molar-refractivity contribution in [3.8, 4) is 23.1 Å². The number of nitrogens with zero attached hydrogens (tertiary/aromatic N) is 4. The van der Waals surface area contributed by atoms with Gasteiger partial charge in [0.2, 0.25) is 0 Å². The fraction of sp³-hybridized carbons (Fsp3) is 0.346. The smallest absolute Gasteiger partial charge is 0.293 e. The Morgan fingerprint density at radius 3 is 2.53 bits per heavy atom. The summed E-state index contributed by atoms with van der Waals surface area (Å²) in [4.78, 5) is 14.2. The lowest BCUT2D eigenvalue weighted by Gasteiger charge is -2.36. The number of nitrogens with one attached hydrogen (secondary N) is 1. The molecule has 0 unspecified atom stereocenters. The zero-order valence-corrected chi connectivity index (χ0v) is 22.3. The summed E-state index contributed by atoms with van der Waals surface area (Å²) >= 11 is 12.8. The molecular weight excluding hydrogens is 521 g/mol. The Kier molecular flexibility index (Phi) is 7.53. The second-order valence-corrected chi connectivity index (χ2v) is 10.2. The molecule has 10 heteroatoms. The number of carbonyl (C=O) groups is 1. The number of benzene rings is 2. The molecule has 7 nitrogen and oxygen atoms in total. The summed E-state index contributed by atoms with van der Waals surface area (Å²) in [5.41, 5.74) is 2.62. The first-order valence-corrected chi connectivity index (χ1v) is 12.4. The molecule has 0 spiro atoms. The molecule has 0 bridgehead atoms. The summed E-state index contributed by atoms with van der Waals surface area (Å²) < 4.78 is 6.29. The van der Waals surface area contributed by atoms with Crippen molar-refractivity contribution in [2.24, 2.45) is 0 Å². The summed E-state index contributed by atoms with van der Waals surface area (Å²) in [7, 11) is 0. The number of H-pyrrole nitrogens is 1. The number of rotatable bonds is 3. The number of aromatic amines is 1. The molecule has 2 aromatic carbocycles. The number of hydrogen-bond donors (Lipinski definition) is 1. The van der Waals surface area contributed by atoms with Crippen molar-refractivity contribution in [3.63, 3.8) is 0 Å². The van der Waals surface area contributed by atoms with Crippen LogP contribution in [0.2, 0.25) is 10.0 Å². The molecule has 1 N–H and O–H groups in total. The normalized spacial score (nSPS) is 16.4. The Balaban J connectivity index is 0.00000304. The highest BCUT2D eigenvalue weighted by atomic mass is 35.5. The monoisotopic (exact) mass is 545 g/mol. The molecule has 1 fully saturated rings. The number of hydrazine groups is 1. The number of nitriles is 1. The van der Waals surface area contributed by atoms with E-state index in [1.807, 2.05) is 19.9 Å². The average Bonchev–Trinajstić information content (AvgIpc) is 3.12. The molecule has 36 heavy (non-hydrogen) atoms. The Morgan fingerprint density at radius 2 is 1.86 bits per heavy atom. The van der Waals surface area contributed by atoms with Crippen LogP contribution in [-0.2, 0) is 5.60 Å². The Morgan fingerprint density at radius 1 is 1.14 bits per heavy atom. The van der Waals surface area contributed by atoms with E-state index in [4.69, 9.17) is 27.9 Å². The quantitative estimate of drug-likeness (QED) is 0.393. The van der Waals surface area contributed by atoms with Gasteiger partial charge in [0.15, 0.2) is 5.69 Å². The molecule has 1 amide bonds. The van der Waals surface area contributed by atoms with E-state index in [1.54, 1.807) is 35.3 Å². The van der Waals surface area contributed by atoms with Crippen LogP contribution in [0.4, 0.5) is 5.69 Å². The zero-order chi connectivity index (χ0) is 24.7. The van der Waals surface area contributed by atoms with E-state index in [0.717, 1.165) is 44.3 Å². The predicted molar refractivity (Wildman–Crippen MR) is 143 cm³/mol. The number of hydrogen-bond acceptors (Lipinski definition) is 5. The van der Waals surface area contributed by atoms with Crippen LogP contribution in [0.25, 0.3) is 11.3 Å². The largest absolute Gasteiger partial charge is 0.482 e. The molecule has 188 valence electrons. The summed E-state index contributed by atoms with van der Waals surface area (Å²) in [5.74, 6) is 0.289. The third-order valence-corrected chi connectivity index (χ3v) is 7.05. The third-order valence-electron chi connectivity index (χ3n) is 6.51. The van der Waals surface area contributed by atoms with E-state index in [1.165, 1.54) is 0 Å². The van der Waals surface area contributed by atoms with Gasteiger partial charge in [0.25, 0.3) is 5.91 Å². The molecule has 3 heterocycles. The minimum absolute atomic E-state index is 0. The van der Waals surface area contributed by atoms with Crippen LogP contribution in [0.1, 0.15) is 61.1 Å². The van der Waals surface area contributed by atoms with Crippen LogP contribution in [0.15, 0.2) is 36.4 Å². The standard InChI is InChI=1S/C26H25Cl2N5O2.ClH/c1-26(2)22-23(18-9-7-16(15-29)13-21(18)35-26)30-31-24(22)25(34)33(32-11-5-3-4-6-12-32)20-10-8-17(27)14-19(20)28;/h7-10,13-14H,3-6,11-12H2,1-2H3,(H,30,31);1H. The molecule has 0 aliphatic carbocycles. The van der Waals surface area contributed by atoms with E-state index in [0.29, 0.717) is 38.3 Å². The number of fused-ring (bicyclic) bond motifs is 3. The molecule has 1 aromatic heterocycles. The summed E-state index contributed by atoms with van der Waals surface area (Å²) in [6.07, 6.45) is 4.20. The number of ether oxygens (including phenoxy) is 1. The Labute approximate surface area is 226 Å². The Hall–Kier alpha value is -2.76. The van der Waals surface area contributed by atoms with E-state index >= 15 is 0 Å². The van der Waals surface area contributed by atoms with Crippen molar-refractivity contribution < 1.29 is 9.53 Å². The summed E-state index contributed by atoms with van der Waals surface area (Å²) in [6, 6.07) is 12.5. The van der Waals surface area contributed by atoms with Gasteiger partial charge in [0.1, 0.15) is 11.4 Å². The highest BCUT2D eigenvalue weighted by molar-refractivity contribution is 6.37. The minimum atomic E-state index is -0.858. The fourth-order valence-electron chi connectivity index (χ4n) is 4.88. The van der Waals surface area contributed by atoms with Crippen molar-refractivity contribution in [1.29, 1.82) is 5.26 Å². The first-order chi connectivity index (χ1) is 16.8. The van der Waals surface area contributed by atoms with Gasteiger partial charge in [0, 0.05) is 23.7 Å². The van der Waals surface area contributed by atoms with Crippen molar-refractivity contribution >= 4 is 47.2 Å². The SMILES string of the molecule is CC1(C)Oc2cc(C#N)ccc2-c2[nH]nc(C(=O)N(c3ccc(Cl)cc3Cl)N3CCCCCC3)c21.Cl. The van der Waals surface area contributed by atoms with Crippen LogP contribution >= 0.6 is 35.6 Å². The molecule has 2 aliphatic heterocycles. The van der Waals surface area contributed by atoms with Crippen LogP contribution < -0.4 is 9.75 Å². The van der Waals surface area contributed by atoms with Crippen molar-refractivity contribution in [3.05, 3.63) is 63.3 Å². The number of anilines is 1. The first kappa shape index (κ1) is 26.3. The van der Waals surface area contributed by atoms with E-state index in [9.17, 15) is 10.1 Å². The maximum absolute atomic E-state index is 14.2. The highest BCUT2D eigenvalue weighted by Gasteiger charge is 2.41. The lowest BCUT2D eigenvalue weighted by molar-refractivity contribution is 0.0853. The van der Waals surface area contributed by atoms with Crippen LogP contribution in [0.5, 0.6) is 5.75 Å². The van der Waals surface area contributed by atoms with Gasteiger partial charge in [-0.25, -0.2) is 10.0 Å². The van der Waals surface area contributed by atoms with Crippen LogP contribution in [0.3, 0.4) is 0 Å². The average molecular weight is 547 g/mol. The molecule has 2 aliphatic rings. The molecule has 3 aromatic rings. The molecule has 0 atom stereocenters. The van der Waals surface area contributed by atoms with Crippen molar-refractivity contribution in [2.75, 3.05) is 18.1 Å². The lowest BCUT2D eigenvalue weighted by atomic mass is 9.88. The number of carbonyl (C=O) groups excluding carboxylic acids is 1. The molecular formula is C26H26Cl3N5O2. The molecule has 5 rings (SSSR count). The third kappa shape index (κ3) is 4.67. The number of amides is 1. The topological polar surface area (TPSA) is 85.2 Å². The number of aromatic nitrogens is 2. The minimum Gasteiger partial charge on any atom is -0.482 e. The highest BCUT2D eigenvalue weighted by Crippen LogP contribution is 2.46.